The van der Waals surface area contributed by atoms with Gasteiger partial charge in [0.15, 0.2) is 0 Å². The smallest absolute Gasteiger partial charge is 0.147 e. The molecule has 0 fully saturated rings. The van der Waals surface area contributed by atoms with E-state index in [-0.39, 0.29) is 0 Å². The number of hydrogen-bond acceptors (Lipinski definition) is 3. The quantitative estimate of drug-likeness (QED) is 0.808. The Morgan fingerprint density at radius 3 is 2.53 bits per heavy atom. The summed E-state index contributed by atoms with van der Waals surface area (Å²) in [4.78, 5) is 6.44. The molecule has 0 aromatic carbocycles. The third-order valence-corrected chi connectivity index (χ3v) is 2.48. The lowest BCUT2D eigenvalue weighted by Crippen LogP contribution is -2.27. The van der Waals surface area contributed by atoms with E-state index < -0.39 is 0 Å². The zero-order valence-electron chi connectivity index (χ0n) is 11.5. The Hall–Kier alpha value is -0.800. The summed E-state index contributed by atoms with van der Waals surface area (Å²) in [6.45, 7) is 10.4. The van der Waals surface area contributed by atoms with Crippen LogP contribution in [0.4, 0.5) is 5.82 Å². The lowest BCUT2D eigenvalue weighted by molar-refractivity contribution is 0.205. The zero-order chi connectivity index (χ0) is 13.3. The number of methoxy groups -OCH3 is 1. The molecule has 0 bridgehead atoms. The summed E-state index contributed by atoms with van der Waals surface area (Å²) >= 11 is 6.14. The summed E-state index contributed by atoms with van der Waals surface area (Å²) in [7, 11) is 1.69. The normalized spacial score (nSPS) is 9.53. The van der Waals surface area contributed by atoms with Gasteiger partial charge in [0, 0.05) is 26.4 Å². The van der Waals surface area contributed by atoms with Crippen LogP contribution in [-0.4, -0.2) is 31.8 Å². The van der Waals surface area contributed by atoms with Crippen LogP contribution in [0.5, 0.6) is 0 Å². The van der Waals surface area contributed by atoms with Crippen molar-refractivity contribution in [3.05, 3.63) is 22.8 Å². The van der Waals surface area contributed by atoms with Crippen molar-refractivity contribution < 1.29 is 4.74 Å². The van der Waals surface area contributed by atoms with Crippen LogP contribution in [0.25, 0.3) is 0 Å². The summed E-state index contributed by atoms with van der Waals surface area (Å²) < 4.78 is 5.05. The molecule has 0 spiro atoms. The molecule has 4 heteroatoms. The van der Waals surface area contributed by atoms with E-state index in [1.54, 1.807) is 7.11 Å². The first-order chi connectivity index (χ1) is 8.19. The number of hydrogen-bond donors (Lipinski definition) is 0. The number of pyridine rings is 1. The third-order valence-electron chi connectivity index (χ3n) is 2.21. The molecule has 0 amide bonds. The minimum Gasteiger partial charge on any atom is -0.383 e. The average molecular weight is 259 g/mol. The number of ether oxygens (including phenoxy) is 1. The van der Waals surface area contributed by atoms with Gasteiger partial charge in [-0.1, -0.05) is 25.4 Å². The second-order valence-corrected chi connectivity index (χ2v) is 3.80. The van der Waals surface area contributed by atoms with Gasteiger partial charge in [0.1, 0.15) is 5.82 Å². The van der Waals surface area contributed by atoms with E-state index in [1.165, 1.54) is 0 Å². The van der Waals surface area contributed by atoms with E-state index >= 15 is 0 Å². The molecule has 1 aromatic heterocycles. The lowest BCUT2D eigenvalue weighted by Gasteiger charge is -2.22. The molecule has 0 saturated heterocycles. The molecule has 0 saturated carbocycles. The molecular weight excluding hydrogens is 236 g/mol. The van der Waals surface area contributed by atoms with E-state index in [0.29, 0.717) is 11.6 Å². The van der Waals surface area contributed by atoms with Crippen molar-refractivity contribution in [3.8, 4) is 0 Å². The molecule has 0 aliphatic heterocycles. The fourth-order valence-corrected chi connectivity index (χ4v) is 1.71. The maximum atomic E-state index is 6.14. The maximum absolute atomic E-state index is 6.14. The van der Waals surface area contributed by atoms with Gasteiger partial charge >= 0.3 is 0 Å². The average Bonchev–Trinajstić information content (AvgIpc) is 2.34. The summed E-state index contributed by atoms with van der Waals surface area (Å²) in [5.41, 5.74) is 1.08. The molecule has 0 N–H and O–H groups in total. The highest BCUT2D eigenvalue weighted by Gasteiger charge is 2.09. The molecule has 3 nitrogen and oxygen atoms in total. The molecule has 1 rings (SSSR count). The van der Waals surface area contributed by atoms with E-state index in [4.69, 9.17) is 16.3 Å². The van der Waals surface area contributed by atoms with Gasteiger partial charge in [-0.25, -0.2) is 4.98 Å². The van der Waals surface area contributed by atoms with E-state index in [9.17, 15) is 0 Å². The number of rotatable bonds is 5. The Balaban J connectivity index is 0.00000121. The number of likely N-dealkylation sites (N-methyl/N-ethyl adjacent to an activating group) is 1. The third kappa shape index (κ3) is 5.37. The van der Waals surface area contributed by atoms with Crippen molar-refractivity contribution >= 4 is 17.4 Å². The van der Waals surface area contributed by atoms with Crippen LogP contribution in [0.15, 0.2) is 12.3 Å². The van der Waals surface area contributed by atoms with Crippen molar-refractivity contribution in [3.63, 3.8) is 0 Å². The molecule has 0 radical (unpaired) electrons. The van der Waals surface area contributed by atoms with Gasteiger partial charge in [-0.3, -0.25) is 0 Å². The van der Waals surface area contributed by atoms with Crippen LogP contribution in [0.3, 0.4) is 0 Å². The van der Waals surface area contributed by atoms with Crippen LogP contribution in [-0.2, 0) is 4.74 Å². The Kier molecular flexibility index (Phi) is 8.82. The molecule has 98 valence electrons. The Morgan fingerprint density at radius 1 is 1.41 bits per heavy atom. The Labute approximate surface area is 110 Å². The Bertz CT molecular complexity index is 318. The molecule has 0 aliphatic rings. The molecule has 0 unspecified atom stereocenters. The minimum atomic E-state index is 0.680. The van der Waals surface area contributed by atoms with Crippen LogP contribution in [0.1, 0.15) is 26.3 Å². The van der Waals surface area contributed by atoms with E-state index in [0.717, 1.165) is 24.5 Å². The monoisotopic (exact) mass is 258 g/mol. The van der Waals surface area contributed by atoms with E-state index in [2.05, 4.69) is 16.8 Å². The zero-order valence-corrected chi connectivity index (χ0v) is 12.2. The number of nitrogens with zero attached hydrogens (tertiary/aromatic N) is 2. The highest BCUT2D eigenvalue weighted by Crippen LogP contribution is 2.23. The molecule has 0 aliphatic carbocycles. The van der Waals surface area contributed by atoms with Crippen molar-refractivity contribution in [1.29, 1.82) is 0 Å². The second-order valence-electron chi connectivity index (χ2n) is 3.39. The lowest BCUT2D eigenvalue weighted by atomic mass is 10.3. The summed E-state index contributed by atoms with van der Waals surface area (Å²) in [5.74, 6) is 0.835. The van der Waals surface area contributed by atoms with Crippen LogP contribution in [0, 0.1) is 6.92 Å². The molecule has 1 heterocycles. The molecule has 17 heavy (non-hydrogen) atoms. The van der Waals surface area contributed by atoms with Crippen LogP contribution < -0.4 is 4.90 Å². The van der Waals surface area contributed by atoms with Gasteiger partial charge in [-0.15, -0.1) is 0 Å². The highest BCUT2D eigenvalue weighted by atomic mass is 35.5. The van der Waals surface area contributed by atoms with Gasteiger partial charge in [0.2, 0.25) is 0 Å². The fraction of sp³-hybridized carbons (Fsp3) is 0.615. The van der Waals surface area contributed by atoms with Crippen molar-refractivity contribution in [2.75, 3.05) is 31.7 Å². The number of anilines is 1. The van der Waals surface area contributed by atoms with E-state index in [1.807, 2.05) is 33.0 Å². The standard InChI is InChI=1S/C11H17ClN2O.C2H6/c1-4-14(5-6-15-3)11-10(12)7-9(2)8-13-11;1-2/h7-8H,4-6H2,1-3H3;1-2H3. The van der Waals surface area contributed by atoms with Crippen LogP contribution >= 0.6 is 11.6 Å². The first-order valence-corrected chi connectivity index (χ1v) is 6.42. The fourth-order valence-electron chi connectivity index (χ4n) is 1.37. The topological polar surface area (TPSA) is 25.4 Å². The maximum Gasteiger partial charge on any atom is 0.147 e. The van der Waals surface area contributed by atoms with Crippen LogP contribution in [0.2, 0.25) is 5.02 Å². The SMILES string of the molecule is CC.CCN(CCOC)c1ncc(C)cc1Cl. The van der Waals surface area contributed by atoms with Crippen molar-refractivity contribution in [2.24, 2.45) is 0 Å². The van der Waals surface area contributed by atoms with Crippen molar-refractivity contribution in [1.82, 2.24) is 4.98 Å². The second kappa shape index (κ2) is 9.25. The highest BCUT2D eigenvalue weighted by molar-refractivity contribution is 6.33. The first-order valence-electron chi connectivity index (χ1n) is 6.05. The summed E-state index contributed by atoms with van der Waals surface area (Å²) in [6, 6.07) is 1.93. The summed E-state index contributed by atoms with van der Waals surface area (Å²) in [6.07, 6.45) is 1.83. The molecular formula is C13H23ClN2O. The van der Waals surface area contributed by atoms with Gasteiger partial charge in [-0.05, 0) is 25.5 Å². The summed E-state index contributed by atoms with van der Waals surface area (Å²) in [5, 5.41) is 0.702. The molecule has 1 aromatic rings. The minimum absolute atomic E-state index is 0.680. The Morgan fingerprint density at radius 2 is 2.06 bits per heavy atom. The number of aromatic nitrogens is 1. The predicted molar refractivity (Wildman–Crippen MR) is 75.1 cm³/mol. The van der Waals surface area contributed by atoms with Gasteiger partial charge in [0.25, 0.3) is 0 Å². The van der Waals surface area contributed by atoms with Gasteiger partial charge < -0.3 is 9.64 Å². The van der Waals surface area contributed by atoms with Gasteiger partial charge in [-0.2, -0.15) is 0 Å². The van der Waals surface area contributed by atoms with Gasteiger partial charge in [0.05, 0.1) is 11.6 Å². The first kappa shape index (κ1) is 16.2. The predicted octanol–water partition coefficient (Wildman–Crippen LogP) is 3.54. The largest absolute Gasteiger partial charge is 0.383 e. The van der Waals surface area contributed by atoms with Crippen molar-refractivity contribution in [2.45, 2.75) is 27.7 Å². The molecule has 0 atom stereocenters. The number of aryl methyl sites for hydroxylation is 1. The number of halogens is 1.